The second kappa shape index (κ2) is 7.10. The van der Waals surface area contributed by atoms with E-state index < -0.39 is 35.5 Å². The monoisotopic (exact) mass is 410 g/mol. The lowest BCUT2D eigenvalue weighted by molar-refractivity contribution is -0.136. The molecule has 0 radical (unpaired) electrons. The van der Waals surface area contributed by atoms with Gasteiger partial charge in [0, 0.05) is 11.8 Å². The minimum Gasteiger partial charge on any atom is -0.508 e. The van der Waals surface area contributed by atoms with E-state index in [9.17, 15) is 24.3 Å². The minimum atomic E-state index is -1.15. The van der Waals surface area contributed by atoms with Crippen molar-refractivity contribution < 1.29 is 29.4 Å². The summed E-state index contributed by atoms with van der Waals surface area (Å²) in [7, 11) is 0. The summed E-state index contributed by atoms with van der Waals surface area (Å²) in [5, 5.41) is 18.2. The van der Waals surface area contributed by atoms with E-state index in [1.54, 1.807) is 24.3 Å². The molecule has 3 amide bonds. The molecule has 1 fully saturated rings. The van der Waals surface area contributed by atoms with Crippen LogP contribution in [-0.2, 0) is 14.4 Å². The Bertz CT molecular complexity index is 1100. The largest absolute Gasteiger partial charge is 0.508 e. The maximum atomic E-state index is 12.8. The molecule has 2 aromatic carbocycles. The third-order valence-corrected chi connectivity index (χ3v) is 5.48. The Balaban J connectivity index is 1.69. The van der Waals surface area contributed by atoms with Gasteiger partial charge in [-0.3, -0.25) is 19.2 Å². The summed E-state index contributed by atoms with van der Waals surface area (Å²) in [6, 6.07) is 12.5. The number of carboxylic acid groups (broad SMARTS) is 1. The van der Waals surface area contributed by atoms with Crippen molar-refractivity contribution in [3.8, 4) is 5.75 Å². The van der Waals surface area contributed by atoms with Crippen LogP contribution in [0.25, 0.3) is 0 Å². The first-order valence-corrected chi connectivity index (χ1v) is 9.37. The molecule has 146 valence electrons. The number of rotatable bonds is 4. The highest BCUT2D eigenvalue weighted by Crippen LogP contribution is 2.42. The van der Waals surface area contributed by atoms with Gasteiger partial charge in [0.2, 0.25) is 5.91 Å². The third-order valence-electron chi connectivity index (χ3n) is 4.59. The van der Waals surface area contributed by atoms with E-state index in [0.717, 1.165) is 9.80 Å². The second-order valence-electron chi connectivity index (χ2n) is 6.41. The number of imide groups is 1. The number of benzene rings is 2. The minimum absolute atomic E-state index is 0.0728. The lowest BCUT2D eigenvalue weighted by Gasteiger charge is -2.14. The molecule has 0 spiro atoms. The number of phenolic OH excluding ortho intramolecular Hbond substituents is 1. The number of anilines is 2. The molecular formula is C20H14N2O6S. The molecule has 8 nitrogen and oxygen atoms in total. The van der Waals surface area contributed by atoms with E-state index >= 15 is 0 Å². The van der Waals surface area contributed by atoms with Crippen LogP contribution < -0.4 is 9.80 Å². The number of amides is 3. The average molecular weight is 410 g/mol. The van der Waals surface area contributed by atoms with E-state index in [-0.39, 0.29) is 16.3 Å². The van der Waals surface area contributed by atoms with Crippen molar-refractivity contribution in [2.45, 2.75) is 5.92 Å². The van der Waals surface area contributed by atoms with Crippen LogP contribution in [0.4, 0.5) is 16.2 Å². The van der Waals surface area contributed by atoms with Crippen molar-refractivity contribution in [3.63, 3.8) is 0 Å². The molecule has 2 aromatic rings. The van der Waals surface area contributed by atoms with Crippen molar-refractivity contribution in [2.75, 3.05) is 16.3 Å². The highest BCUT2D eigenvalue weighted by molar-refractivity contribution is 8.18. The molecule has 2 heterocycles. The Morgan fingerprint density at radius 1 is 1.10 bits per heavy atom. The predicted octanol–water partition coefficient (Wildman–Crippen LogP) is 2.69. The molecule has 9 heteroatoms. The number of nitrogens with zero attached hydrogens (tertiary/aromatic N) is 2. The van der Waals surface area contributed by atoms with Gasteiger partial charge in [0.1, 0.15) is 12.3 Å². The molecule has 4 rings (SSSR count). The zero-order chi connectivity index (χ0) is 20.7. The number of carbonyl (C=O) groups excluding carboxylic acids is 3. The van der Waals surface area contributed by atoms with Crippen LogP contribution in [0.5, 0.6) is 5.75 Å². The van der Waals surface area contributed by atoms with Crippen LogP contribution in [0.3, 0.4) is 0 Å². The molecule has 0 aliphatic carbocycles. The number of hydrogen-bond acceptors (Lipinski definition) is 6. The number of hydrogen-bond donors (Lipinski definition) is 2. The number of para-hydroxylation sites is 1. The highest BCUT2D eigenvalue weighted by atomic mass is 32.2. The van der Waals surface area contributed by atoms with Gasteiger partial charge in [-0.1, -0.05) is 24.3 Å². The molecule has 2 aliphatic heterocycles. The van der Waals surface area contributed by atoms with E-state index in [1.165, 1.54) is 30.3 Å². The van der Waals surface area contributed by atoms with Crippen molar-refractivity contribution in [1.29, 1.82) is 0 Å². The fraction of sp³-hybridized carbons (Fsp3) is 0.100. The lowest BCUT2D eigenvalue weighted by atomic mass is 10.00. The summed E-state index contributed by atoms with van der Waals surface area (Å²) in [6.45, 7) is -0.495. The molecule has 2 N–H and O–H groups in total. The van der Waals surface area contributed by atoms with E-state index in [2.05, 4.69) is 0 Å². The van der Waals surface area contributed by atoms with Crippen LogP contribution in [0.15, 0.2) is 59.5 Å². The fourth-order valence-corrected chi connectivity index (χ4v) is 4.21. The molecule has 1 atom stereocenters. The summed E-state index contributed by atoms with van der Waals surface area (Å²) in [5.41, 5.74) is 1.26. The molecule has 1 unspecified atom stereocenters. The van der Waals surface area contributed by atoms with Crippen LogP contribution in [0.1, 0.15) is 11.5 Å². The Kier molecular flexibility index (Phi) is 4.59. The van der Waals surface area contributed by atoms with Gasteiger partial charge < -0.3 is 15.1 Å². The van der Waals surface area contributed by atoms with E-state index in [0.29, 0.717) is 23.0 Å². The predicted molar refractivity (Wildman–Crippen MR) is 106 cm³/mol. The van der Waals surface area contributed by atoms with E-state index in [4.69, 9.17) is 5.11 Å². The molecule has 0 bridgehead atoms. The first-order valence-electron chi connectivity index (χ1n) is 8.56. The van der Waals surface area contributed by atoms with Gasteiger partial charge in [-0.15, -0.1) is 0 Å². The summed E-state index contributed by atoms with van der Waals surface area (Å²) in [6.07, 6.45) is 1.40. The first kappa shape index (κ1) is 18.8. The molecule has 0 aromatic heterocycles. The van der Waals surface area contributed by atoms with Gasteiger partial charge in [0.05, 0.1) is 16.5 Å². The van der Waals surface area contributed by atoms with Gasteiger partial charge in [0.25, 0.3) is 11.1 Å². The van der Waals surface area contributed by atoms with Crippen LogP contribution in [-0.4, -0.2) is 39.8 Å². The van der Waals surface area contributed by atoms with Crippen molar-refractivity contribution in [2.24, 2.45) is 0 Å². The summed E-state index contributed by atoms with van der Waals surface area (Å²) in [4.78, 5) is 51.3. The summed E-state index contributed by atoms with van der Waals surface area (Å²) >= 11 is 0.691. The molecular weight excluding hydrogens is 396 g/mol. The van der Waals surface area contributed by atoms with Crippen LogP contribution in [0.2, 0.25) is 0 Å². The Morgan fingerprint density at radius 3 is 2.59 bits per heavy atom. The number of aromatic hydroxyl groups is 1. The Labute approximate surface area is 169 Å². The lowest BCUT2D eigenvalue weighted by Crippen LogP contribution is -2.33. The highest BCUT2D eigenvalue weighted by Gasteiger charge is 2.41. The zero-order valence-corrected chi connectivity index (χ0v) is 15.6. The maximum absolute atomic E-state index is 12.8. The first-order chi connectivity index (χ1) is 13.9. The fourth-order valence-electron chi connectivity index (χ4n) is 3.36. The average Bonchev–Trinajstić information content (AvgIpc) is 3.10. The molecule has 0 saturated carbocycles. The van der Waals surface area contributed by atoms with Crippen molar-refractivity contribution in [1.82, 2.24) is 0 Å². The number of phenols is 1. The topological polar surface area (TPSA) is 115 Å². The van der Waals surface area contributed by atoms with Gasteiger partial charge in [0.15, 0.2) is 0 Å². The zero-order valence-electron chi connectivity index (χ0n) is 14.8. The van der Waals surface area contributed by atoms with Crippen LogP contribution in [0, 0.1) is 0 Å². The van der Waals surface area contributed by atoms with Crippen LogP contribution >= 0.6 is 11.8 Å². The second-order valence-corrected chi connectivity index (χ2v) is 7.41. The van der Waals surface area contributed by atoms with Gasteiger partial charge >= 0.3 is 5.97 Å². The number of fused-ring (bicyclic) bond motifs is 1. The SMILES string of the molecule is O=C(O)CN1C(=O)C(C=C2SC(=O)N(c3cccc(O)c3)C2=O)c2ccccc21. The molecule has 2 aliphatic rings. The van der Waals surface area contributed by atoms with Gasteiger partial charge in [-0.25, -0.2) is 4.90 Å². The quantitative estimate of drug-likeness (QED) is 0.745. The van der Waals surface area contributed by atoms with Gasteiger partial charge in [-0.2, -0.15) is 0 Å². The van der Waals surface area contributed by atoms with Gasteiger partial charge in [-0.05, 0) is 41.6 Å². The third kappa shape index (κ3) is 3.25. The number of carboxylic acids is 1. The molecule has 29 heavy (non-hydrogen) atoms. The Morgan fingerprint density at radius 2 is 1.86 bits per heavy atom. The maximum Gasteiger partial charge on any atom is 0.323 e. The normalized spacial score (nSPS) is 19.9. The molecule has 1 saturated heterocycles. The van der Waals surface area contributed by atoms with Crippen molar-refractivity contribution >= 4 is 46.2 Å². The standard InChI is InChI=1S/C20H14N2O6S/c23-12-5-3-4-11(8-12)22-19(27)16(29-20(22)28)9-14-13-6-1-2-7-15(13)21(18(14)26)10-17(24)25/h1-9,14,23H,10H2,(H,24,25). The summed E-state index contributed by atoms with van der Waals surface area (Å²) < 4.78 is 0. The van der Waals surface area contributed by atoms with Crippen molar-refractivity contribution in [3.05, 3.63) is 65.1 Å². The Hall–Kier alpha value is -3.59. The number of aliphatic carboxylic acids is 1. The summed E-state index contributed by atoms with van der Waals surface area (Å²) in [5.74, 6) is -3.19. The smallest absolute Gasteiger partial charge is 0.323 e. The van der Waals surface area contributed by atoms with E-state index in [1.807, 2.05) is 0 Å². The number of carbonyl (C=O) groups is 4. The number of thioether (sulfide) groups is 1.